The third-order valence-electron chi connectivity index (χ3n) is 3.65. The molecule has 0 heterocycles. The van der Waals surface area contributed by atoms with Crippen molar-refractivity contribution in [3.63, 3.8) is 0 Å². The number of hydrogen-bond acceptors (Lipinski definition) is 3. The van der Waals surface area contributed by atoms with E-state index in [1.54, 1.807) is 6.92 Å². The van der Waals surface area contributed by atoms with Gasteiger partial charge in [0.2, 0.25) is 0 Å². The number of esters is 1. The van der Waals surface area contributed by atoms with Gasteiger partial charge >= 0.3 is 5.97 Å². The summed E-state index contributed by atoms with van der Waals surface area (Å²) in [7, 11) is 0. The molecule has 1 saturated carbocycles. The van der Waals surface area contributed by atoms with E-state index in [9.17, 15) is 13.6 Å². The van der Waals surface area contributed by atoms with Crippen molar-refractivity contribution in [2.75, 3.05) is 11.9 Å². The summed E-state index contributed by atoms with van der Waals surface area (Å²) in [6.45, 7) is 2.15. The maximum Gasteiger partial charge on any atom is 0.308 e. The molecule has 0 amide bonds. The van der Waals surface area contributed by atoms with Gasteiger partial charge in [0, 0.05) is 16.6 Å². The Morgan fingerprint density at radius 3 is 2.86 bits per heavy atom. The predicted octanol–water partition coefficient (Wildman–Crippen LogP) is 4.26. The summed E-state index contributed by atoms with van der Waals surface area (Å²) in [4.78, 5) is 11.8. The second-order valence-electron chi connectivity index (χ2n) is 5.20. The van der Waals surface area contributed by atoms with Crippen LogP contribution in [0.15, 0.2) is 16.6 Å². The van der Waals surface area contributed by atoms with Gasteiger partial charge in [-0.05, 0) is 48.2 Å². The van der Waals surface area contributed by atoms with Gasteiger partial charge in [0.25, 0.3) is 0 Å². The first-order valence-electron chi connectivity index (χ1n) is 7.09. The molecule has 3 nitrogen and oxygen atoms in total. The van der Waals surface area contributed by atoms with Gasteiger partial charge in [-0.1, -0.05) is 6.42 Å². The van der Waals surface area contributed by atoms with Crippen LogP contribution in [0.2, 0.25) is 0 Å². The van der Waals surface area contributed by atoms with Gasteiger partial charge < -0.3 is 10.1 Å². The van der Waals surface area contributed by atoms with Crippen LogP contribution < -0.4 is 5.32 Å². The maximum absolute atomic E-state index is 13.8. The van der Waals surface area contributed by atoms with Gasteiger partial charge in [0.05, 0.1) is 18.2 Å². The van der Waals surface area contributed by atoms with Crippen molar-refractivity contribution in [1.29, 1.82) is 0 Å². The van der Waals surface area contributed by atoms with E-state index in [0.717, 1.165) is 25.3 Å². The average Bonchev–Trinajstić information content (AvgIpc) is 2.43. The molecule has 1 aromatic rings. The number of anilines is 1. The second-order valence-corrected chi connectivity index (χ2v) is 6.06. The molecule has 0 aliphatic heterocycles. The lowest BCUT2D eigenvalue weighted by Gasteiger charge is -2.29. The second kappa shape index (κ2) is 7.20. The highest BCUT2D eigenvalue weighted by atomic mass is 79.9. The third-order valence-corrected chi connectivity index (χ3v) is 4.27. The fraction of sp³-hybridized carbons (Fsp3) is 0.533. The van der Waals surface area contributed by atoms with Crippen LogP contribution in [-0.2, 0) is 9.53 Å². The Balaban J connectivity index is 2.04. The summed E-state index contributed by atoms with van der Waals surface area (Å²) < 4.78 is 32.3. The molecule has 21 heavy (non-hydrogen) atoms. The molecule has 1 N–H and O–H groups in total. The number of rotatable bonds is 4. The molecule has 2 atom stereocenters. The van der Waals surface area contributed by atoms with Crippen molar-refractivity contribution in [1.82, 2.24) is 0 Å². The number of carbonyl (C=O) groups excluding carboxylic acids is 1. The lowest BCUT2D eigenvalue weighted by molar-refractivity contribution is -0.149. The van der Waals surface area contributed by atoms with E-state index in [2.05, 4.69) is 21.2 Å². The fourth-order valence-corrected chi connectivity index (χ4v) is 3.20. The molecular weight excluding hydrogens is 344 g/mol. The van der Waals surface area contributed by atoms with E-state index in [1.165, 1.54) is 6.07 Å². The summed E-state index contributed by atoms with van der Waals surface area (Å²) in [5.74, 6) is -1.61. The largest absolute Gasteiger partial charge is 0.466 e. The Hall–Kier alpha value is -1.17. The monoisotopic (exact) mass is 361 g/mol. The smallest absolute Gasteiger partial charge is 0.308 e. The lowest BCUT2D eigenvalue weighted by atomic mass is 9.85. The SMILES string of the molecule is CCOC(=O)C1CCCC(Nc2c(F)cc(F)cc2Br)C1. The van der Waals surface area contributed by atoms with Crippen LogP contribution in [0.3, 0.4) is 0 Å². The standard InChI is InChI=1S/C15H18BrF2NO2/c1-2-21-15(20)9-4-3-5-11(6-9)19-14-12(16)7-10(17)8-13(14)18/h7-9,11,19H,2-6H2,1H3. The molecular formula is C15H18BrF2NO2. The molecule has 6 heteroatoms. The Morgan fingerprint density at radius 2 is 2.19 bits per heavy atom. The normalized spacial score (nSPS) is 21.9. The highest BCUT2D eigenvalue weighted by Crippen LogP contribution is 2.32. The molecule has 1 aliphatic carbocycles. The van der Waals surface area contributed by atoms with Crippen LogP contribution in [0, 0.1) is 17.6 Å². The third kappa shape index (κ3) is 4.15. The number of ether oxygens (including phenoxy) is 1. The van der Waals surface area contributed by atoms with E-state index in [0.29, 0.717) is 17.5 Å². The van der Waals surface area contributed by atoms with Crippen molar-refractivity contribution >= 4 is 27.6 Å². The van der Waals surface area contributed by atoms with Crippen molar-refractivity contribution in [2.24, 2.45) is 5.92 Å². The van der Waals surface area contributed by atoms with Gasteiger partial charge in [-0.2, -0.15) is 0 Å². The summed E-state index contributed by atoms with van der Waals surface area (Å²) in [6.07, 6.45) is 3.12. The Kier molecular flexibility index (Phi) is 5.56. The maximum atomic E-state index is 13.8. The van der Waals surface area contributed by atoms with Gasteiger partial charge in [-0.3, -0.25) is 4.79 Å². The quantitative estimate of drug-likeness (QED) is 0.814. The molecule has 0 spiro atoms. The van der Waals surface area contributed by atoms with E-state index in [-0.39, 0.29) is 23.6 Å². The molecule has 0 aromatic heterocycles. The zero-order chi connectivity index (χ0) is 15.4. The number of hydrogen-bond donors (Lipinski definition) is 1. The van der Waals surface area contributed by atoms with Gasteiger partial charge in [0.15, 0.2) is 0 Å². The van der Waals surface area contributed by atoms with Crippen molar-refractivity contribution in [2.45, 2.75) is 38.6 Å². The molecule has 116 valence electrons. The lowest BCUT2D eigenvalue weighted by Crippen LogP contribution is -2.32. The van der Waals surface area contributed by atoms with E-state index >= 15 is 0 Å². The molecule has 1 aliphatic rings. The topological polar surface area (TPSA) is 38.3 Å². The van der Waals surface area contributed by atoms with E-state index in [1.807, 2.05) is 0 Å². The first-order valence-corrected chi connectivity index (χ1v) is 7.88. The summed E-state index contributed by atoms with van der Waals surface area (Å²) in [6, 6.07) is 2.04. The zero-order valence-corrected chi connectivity index (χ0v) is 13.4. The van der Waals surface area contributed by atoms with Crippen molar-refractivity contribution in [3.8, 4) is 0 Å². The molecule has 0 radical (unpaired) electrons. The number of benzene rings is 1. The summed E-state index contributed by atoms with van der Waals surface area (Å²) in [5, 5.41) is 3.08. The van der Waals surface area contributed by atoms with Crippen molar-refractivity contribution in [3.05, 3.63) is 28.2 Å². The van der Waals surface area contributed by atoms with Gasteiger partial charge in [-0.15, -0.1) is 0 Å². The molecule has 2 rings (SSSR count). The fourth-order valence-electron chi connectivity index (χ4n) is 2.68. The van der Waals surface area contributed by atoms with Gasteiger partial charge in [0.1, 0.15) is 11.6 Å². The van der Waals surface area contributed by atoms with Crippen LogP contribution in [0.1, 0.15) is 32.6 Å². The van der Waals surface area contributed by atoms with Crippen LogP contribution in [0.5, 0.6) is 0 Å². The molecule has 0 bridgehead atoms. The van der Waals surface area contributed by atoms with Gasteiger partial charge in [-0.25, -0.2) is 8.78 Å². The average molecular weight is 362 g/mol. The van der Waals surface area contributed by atoms with Crippen molar-refractivity contribution < 1.29 is 18.3 Å². The Morgan fingerprint density at radius 1 is 1.43 bits per heavy atom. The minimum atomic E-state index is -0.639. The molecule has 1 fully saturated rings. The molecule has 1 aromatic carbocycles. The van der Waals surface area contributed by atoms with Crippen LogP contribution in [0.25, 0.3) is 0 Å². The van der Waals surface area contributed by atoms with E-state index in [4.69, 9.17) is 4.74 Å². The molecule has 0 saturated heterocycles. The first kappa shape index (κ1) is 16.2. The Labute approximate surface area is 131 Å². The molecule has 2 unspecified atom stereocenters. The number of carbonyl (C=O) groups is 1. The Bertz CT molecular complexity index is 501. The minimum Gasteiger partial charge on any atom is -0.466 e. The first-order chi connectivity index (χ1) is 10.0. The van der Waals surface area contributed by atoms with Crippen LogP contribution >= 0.6 is 15.9 Å². The summed E-state index contributed by atoms with van der Waals surface area (Å²) in [5.41, 5.74) is 0.242. The van der Waals surface area contributed by atoms with Crippen LogP contribution in [0.4, 0.5) is 14.5 Å². The predicted molar refractivity (Wildman–Crippen MR) is 80.1 cm³/mol. The summed E-state index contributed by atoms with van der Waals surface area (Å²) >= 11 is 3.16. The van der Waals surface area contributed by atoms with E-state index < -0.39 is 11.6 Å². The number of nitrogens with one attached hydrogen (secondary N) is 1. The zero-order valence-electron chi connectivity index (χ0n) is 11.8. The highest BCUT2D eigenvalue weighted by molar-refractivity contribution is 9.10. The number of halogens is 3. The minimum absolute atomic E-state index is 0.0237. The van der Waals surface area contributed by atoms with Crippen LogP contribution in [-0.4, -0.2) is 18.6 Å². The highest BCUT2D eigenvalue weighted by Gasteiger charge is 2.29.